The van der Waals surface area contributed by atoms with Crippen molar-refractivity contribution in [3.8, 4) is 6.07 Å². The number of hydrogen-bond acceptors (Lipinski definition) is 4. The van der Waals surface area contributed by atoms with E-state index in [0.717, 1.165) is 18.8 Å². The highest BCUT2D eigenvalue weighted by Crippen LogP contribution is 2.35. The van der Waals surface area contributed by atoms with Crippen LogP contribution >= 0.6 is 0 Å². The molecule has 1 saturated heterocycles. The molecule has 0 atom stereocenters. The second-order valence-corrected chi connectivity index (χ2v) is 6.17. The molecule has 6 nitrogen and oxygen atoms in total. The van der Waals surface area contributed by atoms with Crippen molar-refractivity contribution in [2.75, 3.05) is 31.1 Å². The normalized spacial score (nSPS) is 23.8. The fourth-order valence-electron chi connectivity index (χ4n) is 3.21. The van der Waals surface area contributed by atoms with Gasteiger partial charge in [0.05, 0.1) is 17.6 Å². The van der Waals surface area contributed by atoms with Crippen LogP contribution in [0.25, 0.3) is 0 Å². The van der Waals surface area contributed by atoms with Crippen LogP contribution in [0.2, 0.25) is 0 Å². The Morgan fingerprint density at radius 1 is 1.04 bits per heavy atom. The van der Waals surface area contributed by atoms with Crippen molar-refractivity contribution >= 4 is 17.6 Å². The van der Waals surface area contributed by atoms with Crippen LogP contribution in [0.1, 0.15) is 18.4 Å². The van der Waals surface area contributed by atoms with E-state index < -0.39 is 5.97 Å². The molecule has 1 heterocycles. The Kier molecular flexibility index (Phi) is 4.20. The second-order valence-electron chi connectivity index (χ2n) is 6.17. The Morgan fingerprint density at radius 2 is 1.65 bits per heavy atom. The minimum Gasteiger partial charge on any atom is -0.481 e. The number of nitriles is 1. The molecule has 120 valence electrons. The summed E-state index contributed by atoms with van der Waals surface area (Å²) in [6.07, 6.45) is 0.952. The maximum Gasteiger partial charge on any atom is 0.306 e. The average molecular weight is 313 g/mol. The molecule has 0 bridgehead atoms. The highest BCUT2D eigenvalue weighted by molar-refractivity contribution is 5.83. The molecule has 2 aliphatic rings. The first-order chi connectivity index (χ1) is 11.1. The minimum atomic E-state index is -0.792. The van der Waals surface area contributed by atoms with Gasteiger partial charge in [-0.2, -0.15) is 5.26 Å². The van der Waals surface area contributed by atoms with E-state index in [2.05, 4.69) is 11.0 Å². The fraction of sp³-hybridized carbons (Fsp3) is 0.471. The third-order valence-electron chi connectivity index (χ3n) is 4.79. The molecule has 1 aliphatic heterocycles. The van der Waals surface area contributed by atoms with Gasteiger partial charge in [-0.25, -0.2) is 0 Å². The first-order valence-corrected chi connectivity index (χ1v) is 7.85. The number of anilines is 1. The molecule has 1 aromatic carbocycles. The van der Waals surface area contributed by atoms with E-state index in [1.165, 1.54) is 0 Å². The molecular weight excluding hydrogens is 294 g/mol. The molecule has 23 heavy (non-hydrogen) atoms. The average Bonchev–Trinajstić information content (AvgIpc) is 2.53. The Balaban J connectivity index is 1.51. The Morgan fingerprint density at radius 3 is 2.17 bits per heavy atom. The van der Waals surface area contributed by atoms with E-state index in [-0.39, 0.29) is 17.7 Å². The van der Waals surface area contributed by atoms with Crippen molar-refractivity contribution in [2.24, 2.45) is 11.8 Å². The van der Waals surface area contributed by atoms with Crippen molar-refractivity contribution in [3.05, 3.63) is 29.8 Å². The molecule has 1 N–H and O–H groups in total. The van der Waals surface area contributed by atoms with Gasteiger partial charge in [0, 0.05) is 37.8 Å². The molecule has 3 rings (SSSR count). The van der Waals surface area contributed by atoms with Gasteiger partial charge in [-0.3, -0.25) is 9.59 Å². The Labute approximate surface area is 134 Å². The molecular formula is C17H19N3O3. The van der Waals surface area contributed by atoms with Gasteiger partial charge >= 0.3 is 5.97 Å². The van der Waals surface area contributed by atoms with Gasteiger partial charge in [0.1, 0.15) is 0 Å². The van der Waals surface area contributed by atoms with Gasteiger partial charge in [0.25, 0.3) is 0 Å². The molecule has 1 aromatic rings. The highest BCUT2D eigenvalue weighted by Gasteiger charge is 2.41. The van der Waals surface area contributed by atoms with Crippen LogP contribution in [0, 0.1) is 23.2 Å². The quantitative estimate of drug-likeness (QED) is 0.909. The minimum absolute atomic E-state index is 0.0991. The topological polar surface area (TPSA) is 84.6 Å². The largest absolute Gasteiger partial charge is 0.481 e. The van der Waals surface area contributed by atoms with E-state index in [1.807, 2.05) is 17.0 Å². The number of carboxylic acid groups (broad SMARTS) is 1. The van der Waals surface area contributed by atoms with Crippen molar-refractivity contribution in [2.45, 2.75) is 12.8 Å². The maximum atomic E-state index is 12.4. The van der Waals surface area contributed by atoms with E-state index in [4.69, 9.17) is 10.4 Å². The fourth-order valence-corrected chi connectivity index (χ4v) is 3.21. The van der Waals surface area contributed by atoms with Gasteiger partial charge in [0.15, 0.2) is 0 Å². The van der Waals surface area contributed by atoms with Gasteiger partial charge in [-0.05, 0) is 37.1 Å². The predicted molar refractivity (Wildman–Crippen MR) is 83.8 cm³/mol. The molecule has 1 amide bonds. The van der Waals surface area contributed by atoms with Crippen molar-refractivity contribution < 1.29 is 14.7 Å². The third kappa shape index (κ3) is 3.14. The lowest BCUT2D eigenvalue weighted by molar-refractivity contribution is -0.151. The number of piperazine rings is 1. The smallest absolute Gasteiger partial charge is 0.306 e. The van der Waals surface area contributed by atoms with E-state index >= 15 is 0 Å². The van der Waals surface area contributed by atoms with Crippen LogP contribution in [0.5, 0.6) is 0 Å². The number of carbonyl (C=O) groups is 2. The molecule has 1 saturated carbocycles. The molecule has 0 unspecified atom stereocenters. The number of benzene rings is 1. The number of carbonyl (C=O) groups excluding carboxylic acids is 1. The van der Waals surface area contributed by atoms with Crippen LogP contribution in [-0.4, -0.2) is 48.1 Å². The first-order valence-electron chi connectivity index (χ1n) is 7.85. The number of amides is 1. The molecule has 6 heteroatoms. The highest BCUT2D eigenvalue weighted by atomic mass is 16.4. The van der Waals surface area contributed by atoms with Gasteiger partial charge in [0.2, 0.25) is 5.91 Å². The lowest BCUT2D eigenvalue weighted by atomic mass is 9.74. The zero-order valence-electron chi connectivity index (χ0n) is 12.8. The molecule has 0 aromatic heterocycles. The number of nitrogens with zero attached hydrogens (tertiary/aromatic N) is 3. The number of hydrogen-bond donors (Lipinski definition) is 1. The van der Waals surface area contributed by atoms with E-state index in [9.17, 15) is 9.59 Å². The standard InChI is InChI=1S/C17H19N3O3/c18-11-12-1-3-15(4-2-12)19-5-7-20(8-6-19)16(21)13-9-14(10-13)17(22)23/h1-4,13-14H,5-10H2,(H,22,23). The van der Waals surface area contributed by atoms with Gasteiger partial charge in [-0.15, -0.1) is 0 Å². The van der Waals surface area contributed by atoms with Crippen LogP contribution in [0.3, 0.4) is 0 Å². The van der Waals surface area contributed by atoms with E-state index in [0.29, 0.717) is 31.5 Å². The van der Waals surface area contributed by atoms with Gasteiger partial charge in [-0.1, -0.05) is 0 Å². The summed E-state index contributed by atoms with van der Waals surface area (Å²) in [4.78, 5) is 27.2. The summed E-state index contributed by atoms with van der Waals surface area (Å²) < 4.78 is 0. The molecule has 0 radical (unpaired) electrons. The summed E-state index contributed by atoms with van der Waals surface area (Å²) in [6.45, 7) is 2.83. The monoisotopic (exact) mass is 313 g/mol. The number of rotatable bonds is 3. The summed E-state index contributed by atoms with van der Waals surface area (Å²) >= 11 is 0. The van der Waals surface area contributed by atoms with Crippen molar-refractivity contribution in [3.63, 3.8) is 0 Å². The maximum absolute atomic E-state index is 12.4. The van der Waals surface area contributed by atoms with Crippen LogP contribution < -0.4 is 4.90 Å². The first kappa shape index (κ1) is 15.3. The zero-order valence-corrected chi connectivity index (χ0v) is 12.8. The van der Waals surface area contributed by atoms with Crippen molar-refractivity contribution in [1.29, 1.82) is 5.26 Å². The van der Waals surface area contributed by atoms with Crippen LogP contribution in [-0.2, 0) is 9.59 Å². The summed E-state index contributed by atoms with van der Waals surface area (Å²) in [5.74, 6) is -1.15. The summed E-state index contributed by atoms with van der Waals surface area (Å²) in [7, 11) is 0. The van der Waals surface area contributed by atoms with Crippen LogP contribution in [0.4, 0.5) is 5.69 Å². The third-order valence-corrected chi connectivity index (χ3v) is 4.79. The van der Waals surface area contributed by atoms with Crippen molar-refractivity contribution in [1.82, 2.24) is 4.90 Å². The summed E-state index contributed by atoms with van der Waals surface area (Å²) in [5, 5.41) is 17.7. The Bertz CT molecular complexity index is 636. The summed E-state index contributed by atoms with van der Waals surface area (Å²) in [5.41, 5.74) is 1.70. The van der Waals surface area contributed by atoms with E-state index in [1.54, 1.807) is 12.1 Å². The zero-order chi connectivity index (χ0) is 16.4. The van der Waals surface area contributed by atoms with Gasteiger partial charge < -0.3 is 14.9 Å². The summed E-state index contributed by atoms with van der Waals surface area (Å²) in [6, 6.07) is 9.56. The molecule has 1 aliphatic carbocycles. The Hall–Kier alpha value is -2.55. The number of carboxylic acids is 1. The predicted octanol–water partition coefficient (Wildman–Crippen LogP) is 1.32. The lowest BCUT2D eigenvalue weighted by Crippen LogP contribution is -2.52. The number of aliphatic carboxylic acids is 1. The lowest BCUT2D eigenvalue weighted by Gasteiger charge is -2.40. The molecule has 2 fully saturated rings. The molecule has 0 spiro atoms. The SMILES string of the molecule is N#Cc1ccc(N2CCN(C(=O)C3CC(C(=O)O)C3)CC2)cc1. The van der Waals surface area contributed by atoms with Crippen LogP contribution in [0.15, 0.2) is 24.3 Å². The second kappa shape index (κ2) is 6.29.